The zero-order valence-electron chi connectivity index (χ0n) is 14.9. The first-order valence-corrected chi connectivity index (χ1v) is 8.54. The van der Waals surface area contributed by atoms with Crippen LogP contribution in [0, 0.1) is 0 Å². The van der Waals surface area contributed by atoms with Crippen molar-refractivity contribution < 1.29 is 4.79 Å². The van der Waals surface area contributed by atoms with Gasteiger partial charge in [0.1, 0.15) is 12.4 Å². The van der Waals surface area contributed by atoms with Crippen molar-refractivity contribution in [2.24, 2.45) is 0 Å². The van der Waals surface area contributed by atoms with Gasteiger partial charge in [-0.25, -0.2) is 4.68 Å². The van der Waals surface area contributed by atoms with Crippen LogP contribution in [0.5, 0.6) is 0 Å². The Balaban J connectivity index is 1.40. The number of carbonyl (C=O) groups is 1. The summed E-state index contributed by atoms with van der Waals surface area (Å²) in [5.74, 6) is -0.120. The van der Waals surface area contributed by atoms with E-state index in [1.54, 1.807) is 50.6 Å². The molecule has 1 amide bonds. The molecule has 3 heterocycles. The Hall–Kier alpha value is -3.68. The highest BCUT2D eigenvalue weighted by Gasteiger charge is 2.15. The highest BCUT2D eigenvalue weighted by atomic mass is 16.2. The second kappa shape index (κ2) is 7.28. The summed E-state index contributed by atoms with van der Waals surface area (Å²) in [6, 6.07) is 13.4. The monoisotopic (exact) mass is 361 g/mol. The Morgan fingerprint density at radius 1 is 0.963 bits per heavy atom. The summed E-state index contributed by atoms with van der Waals surface area (Å²) in [6.07, 6.45) is 8.97. The molecular formula is C19H19N7O. The van der Waals surface area contributed by atoms with Crippen LogP contribution in [-0.2, 0) is 13.2 Å². The summed E-state index contributed by atoms with van der Waals surface area (Å²) in [6.45, 7) is 0.975. The molecule has 8 nitrogen and oxygen atoms in total. The van der Waals surface area contributed by atoms with Gasteiger partial charge in [-0.15, -0.1) is 0 Å². The van der Waals surface area contributed by atoms with Gasteiger partial charge in [0.25, 0.3) is 5.91 Å². The largest absolute Gasteiger partial charge is 0.336 e. The van der Waals surface area contributed by atoms with Gasteiger partial charge in [-0.3, -0.25) is 14.2 Å². The van der Waals surface area contributed by atoms with E-state index < -0.39 is 0 Å². The van der Waals surface area contributed by atoms with Crippen LogP contribution in [0.25, 0.3) is 5.69 Å². The lowest BCUT2D eigenvalue weighted by atomic mass is 10.2. The van der Waals surface area contributed by atoms with Gasteiger partial charge in [-0.2, -0.15) is 15.3 Å². The van der Waals surface area contributed by atoms with Gasteiger partial charge in [-0.05, 0) is 35.9 Å². The number of rotatable bonds is 6. The van der Waals surface area contributed by atoms with Gasteiger partial charge >= 0.3 is 0 Å². The predicted octanol–water partition coefficient (Wildman–Crippen LogP) is 2.04. The highest BCUT2D eigenvalue weighted by Crippen LogP contribution is 2.11. The van der Waals surface area contributed by atoms with E-state index in [1.807, 2.05) is 48.8 Å². The third-order valence-corrected chi connectivity index (χ3v) is 4.18. The molecule has 136 valence electrons. The molecule has 4 rings (SSSR count). The van der Waals surface area contributed by atoms with E-state index in [4.69, 9.17) is 0 Å². The molecule has 0 N–H and O–H groups in total. The zero-order chi connectivity index (χ0) is 18.6. The van der Waals surface area contributed by atoms with Crippen molar-refractivity contribution in [3.8, 4) is 5.69 Å². The molecule has 1 aromatic carbocycles. The average molecular weight is 361 g/mol. The molecule has 0 unspecified atom stereocenters. The predicted molar refractivity (Wildman–Crippen MR) is 99.2 cm³/mol. The molecule has 8 heteroatoms. The maximum Gasteiger partial charge on any atom is 0.274 e. The smallest absolute Gasteiger partial charge is 0.274 e. The van der Waals surface area contributed by atoms with E-state index >= 15 is 0 Å². The zero-order valence-corrected chi connectivity index (χ0v) is 14.9. The molecule has 0 aliphatic rings. The van der Waals surface area contributed by atoms with Crippen molar-refractivity contribution in [2.75, 3.05) is 7.05 Å². The summed E-state index contributed by atoms with van der Waals surface area (Å²) < 4.78 is 5.23. The number of hydrogen-bond acceptors (Lipinski definition) is 4. The number of nitrogens with zero attached hydrogens (tertiary/aromatic N) is 7. The SMILES string of the molecule is CN(Cc1ccc(-n2cccn2)cc1)C(=O)c1ccn(Cn2cccn2)n1. The lowest BCUT2D eigenvalue weighted by Gasteiger charge is -2.16. The van der Waals surface area contributed by atoms with Gasteiger partial charge in [0, 0.05) is 44.6 Å². The molecule has 0 radical (unpaired) electrons. The van der Waals surface area contributed by atoms with Crippen LogP contribution in [-0.4, -0.2) is 47.2 Å². The minimum absolute atomic E-state index is 0.120. The summed E-state index contributed by atoms with van der Waals surface area (Å²) in [5.41, 5.74) is 2.44. The van der Waals surface area contributed by atoms with Gasteiger partial charge < -0.3 is 4.90 Å². The topological polar surface area (TPSA) is 73.8 Å². The molecule has 0 fully saturated rings. The van der Waals surface area contributed by atoms with Crippen LogP contribution in [0.2, 0.25) is 0 Å². The second-order valence-corrected chi connectivity index (χ2v) is 6.21. The van der Waals surface area contributed by atoms with Crippen molar-refractivity contribution in [2.45, 2.75) is 13.2 Å². The van der Waals surface area contributed by atoms with Crippen LogP contribution in [0.15, 0.2) is 73.4 Å². The van der Waals surface area contributed by atoms with Crippen molar-refractivity contribution in [1.82, 2.24) is 34.2 Å². The first-order chi connectivity index (χ1) is 13.2. The molecule has 0 aliphatic carbocycles. The van der Waals surface area contributed by atoms with Gasteiger partial charge in [0.2, 0.25) is 0 Å². The number of amides is 1. The molecule has 0 saturated heterocycles. The van der Waals surface area contributed by atoms with Crippen LogP contribution < -0.4 is 0 Å². The van der Waals surface area contributed by atoms with E-state index in [-0.39, 0.29) is 5.91 Å². The second-order valence-electron chi connectivity index (χ2n) is 6.21. The van der Waals surface area contributed by atoms with Gasteiger partial charge in [0.05, 0.1) is 5.69 Å². The van der Waals surface area contributed by atoms with Crippen molar-refractivity contribution in [3.05, 3.63) is 84.7 Å². The van der Waals surface area contributed by atoms with Crippen LogP contribution in [0.1, 0.15) is 16.1 Å². The summed E-state index contributed by atoms with van der Waals surface area (Å²) in [5, 5.41) is 12.7. The lowest BCUT2D eigenvalue weighted by Crippen LogP contribution is -2.26. The van der Waals surface area contributed by atoms with Gasteiger partial charge in [0.15, 0.2) is 0 Å². The van der Waals surface area contributed by atoms with E-state index in [0.717, 1.165) is 11.3 Å². The Bertz CT molecular complexity index is 1000. The molecule has 0 aliphatic heterocycles. The first-order valence-electron chi connectivity index (χ1n) is 8.54. The van der Waals surface area contributed by atoms with Crippen molar-refractivity contribution in [1.29, 1.82) is 0 Å². The van der Waals surface area contributed by atoms with E-state index in [2.05, 4.69) is 15.3 Å². The Labute approximate surface area is 156 Å². The Morgan fingerprint density at radius 3 is 2.44 bits per heavy atom. The van der Waals surface area contributed by atoms with E-state index in [9.17, 15) is 4.79 Å². The van der Waals surface area contributed by atoms with Crippen LogP contribution >= 0.6 is 0 Å². The fourth-order valence-corrected chi connectivity index (χ4v) is 2.80. The molecule has 0 spiro atoms. The first kappa shape index (κ1) is 16.8. The minimum Gasteiger partial charge on any atom is -0.336 e. The third kappa shape index (κ3) is 3.79. The standard InChI is InChI=1S/C19H19N7O/c1-23(14-16-4-6-17(7-5-16)26-12-3-10-21-26)19(27)18-8-13-25(22-18)15-24-11-2-9-20-24/h2-13H,14-15H2,1H3. The molecule has 0 saturated carbocycles. The average Bonchev–Trinajstić information content (AvgIpc) is 3.45. The molecule has 0 atom stereocenters. The van der Waals surface area contributed by atoms with Gasteiger partial charge in [-0.1, -0.05) is 12.1 Å². The number of hydrogen-bond donors (Lipinski definition) is 0. The summed E-state index contributed by atoms with van der Waals surface area (Å²) >= 11 is 0. The normalized spacial score (nSPS) is 10.9. The molecule has 0 bridgehead atoms. The molecule has 3 aromatic heterocycles. The maximum absolute atomic E-state index is 12.6. The maximum atomic E-state index is 12.6. The minimum atomic E-state index is -0.120. The lowest BCUT2D eigenvalue weighted by molar-refractivity contribution is 0.0778. The fraction of sp³-hybridized carbons (Fsp3) is 0.158. The third-order valence-electron chi connectivity index (χ3n) is 4.18. The number of aromatic nitrogens is 6. The van der Waals surface area contributed by atoms with Crippen molar-refractivity contribution >= 4 is 5.91 Å². The summed E-state index contributed by atoms with van der Waals surface area (Å²) in [7, 11) is 1.77. The number of benzene rings is 1. The molecular weight excluding hydrogens is 342 g/mol. The van der Waals surface area contributed by atoms with E-state index in [0.29, 0.717) is 18.9 Å². The number of carbonyl (C=O) groups excluding carboxylic acids is 1. The van der Waals surface area contributed by atoms with Crippen molar-refractivity contribution in [3.63, 3.8) is 0 Å². The fourth-order valence-electron chi connectivity index (χ4n) is 2.80. The van der Waals surface area contributed by atoms with Crippen LogP contribution in [0.4, 0.5) is 0 Å². The Kier molecular flexibility index (Phi) is 4.52. The quantitative estimate of drug-likeness (QED) is 0.527. The molecule has 4 aromatic rings. The van der Waals surface area contributed by atoms with E-state index in [1.165, 1.54) is 0 Å². The highest BCUT2D eigenvalue weighted by molar-refractivity contribution is 5.91. The summed E-state index contributed by atoms with van der Waals surface area (Å²) in [4.78, 5) is 14.3. The molecule has 27 heavy (non-hydrogen) atoms. The Morgan fingerprint density at radius 2 is 1.74 bits per heavy atom. The van der Waals surface area contributed by atoms with Crippen LogP contribution in [0.3, 0.4) is 0 Å².